The Labute approximate surface area is 140 Å². The lowest BCUT2D eigenvalue weighted by molar-refractivity contribution is -0.116. The molecule has 2 rings (SSSR count). The summed E-state index contributed by atoms with van der Waals surface area (Å²) in [5.41, 5.74) is 2.34. The standard InChI is InChI=1S/C18H18N4O2/c1-12(18(24)22-17-6-4-3-5-14(17)11-19)20-15-7-9-16(10-8-15)21-13(2)23/h3-10,12,20H,1-2H3,(H,21,23)(H,22,24)/t12-/m0/s1. The summed E-state index contributed by atoms with van der Waals surface area (Å²) in [6.07, 6.45) is 0. The molecule has 0 saturated heterocycles. The summed E-state index contributed by atoms with van der Waals surface area (Å²) < 4.78 is 0. The molecule has 0 spiro atoms. The van der Waals surface area contributed by atoms with Gasteiger partial charge in [-0.25, -0.2) is 0 Å². The monoisotopic (exact) mass is 322 g/mol. The minimum Gasteiger partial charge on any atom is -0.374 e. The van der Waals surface area contributed by atoms with E-state index in [2.05, 4.69) is 16.0 Å². The van der Waals surface area contributed by atoms with Gasteiger partial charge in [0, 0.05) is 18.3 Å². The first-order valence-electron chi connectivity index (χ1n) is 7.44. The number of carbonyl (C=O) groups is 2. The number of rotatable bonds is 5. The number of nitrogens with one attached hydrogen (secondary N) is 3. The molecule has 1 atom stereocenters. The van der Waals surface area contributed by atoms with Gasteiger partial charge < -0.3 is 16.0 Å². The number of nitrogens with zero attached hydrogens (tertiary/aromatic N) is 1. The number of hydrogen-bond acceptors (Lipinski definition) is 4. The quantitative estimate of drug-likeness (QED) is 0.789. The fourth-order valence-corrected chi connectivity index (χ4v) is 2.10. The Morgan fingerprint density at radius 1 is 1.00 bits per heavy atom. The summed E-state index contributed by atoms with van der Waals surface area (Å²) >= 11 is 0. The Bertz CT molecular complexity index is 778. The van der Waals surface area contributed by atoms with E-state index in [0.717, 1.165) is 5.69 Å². The number of para-hydroxylation sites is 1. The van der Waals surface area contributed by atoms with Gasteiger partial charge in [-0.3, -0.25) is 9.59 Å². The van der Waals surface area contributed by atoms with E-state index in [-0.39, 0.29) is 11.8 Å². The zero-order chi connectivity index (χ0) is 17.5. The third-order valence-electron chi connectivity index (χ3n) is 3.29. The Morgan fingerprint density at radius 3 is 2.25 bits per heavy atom. The Hall–Kier alpha value is -3.33. The highest BCUT2D eigenvalue weighted by atomic mass is 16.2. The molecular formula is C18H18N4O2. The summed E-state index contributed by atoms with van der Waals surface area (Å²) in [5, 5.41) is 17.5. The van der Waals surface area contributed by atoms with Crippen molar-refractivity contribution in [3.63, 3.8) is 0 Å². The van der Waals surface area contributed by atoms with Crippen LogP contribution in [0.4, 0.5) is 17.1 Å². The molecule has 0 bridgehead atoms. The van der Waals surface area contributed by atoms with Crippen LogP contribution < -0.4 is 16.0 Å². The van der Waals surface area contributed by atoms with Crippen LogP contribution in [0.1, 0.15) is 19.4 Å². The molecule has 0 unspecified atom stereocenters. The Morgan fingerprint density at radius 2 is 1.62 bits per heavy atom. The van der Waals surface area contributed by atoms with E-state index in [1.54, 1.807) is 55.5 Å². The number of benzene rings is 2. The molecule has 3 N–H and O–H groups in total. The van der Waals surface area contributed by atoms with E-state index in [9.17, 15) is 9.59 Å². The molecular weight excluding hydrogens is 304 g/mol. The van der Waals surface area contributed by atoms with Crippen molar-refractivity contribution in [1.82, 2.24) is 0 Å². The van der Waals surface area contributed by atoms with E-state index in [1.165, 1.54) is 6.92 Å². The van der Waals surface area contributed by atoms with Crippen molar-refractivity contribution >= 4 is 28.9 Å². The fraction of sp³-hybridized carbons (Fsp3) is 0.167. The molecule has 0 heterocycles. The van der Waals surface area contributed by atoms with E-state index >= 15 is 0 Å². The summed E-state index contributed by atoms with van der Waals surface area (Å²) in [6.45, 7) is 3.17. The molecule has 6 nitrogen and oxygen atoms in total. The predicted molar refractivity (Wildman–Crippen MR) is 93.6 cm³/mol. The summed E-state index contributed by atoms with van der Waals surface area (Å²) in [7, 11) is 0. The van der Waals surface area contributed by atoms with Gasteiger partial charge in [-0.2, -0.15) is 5.26 Å². The van der Waals surface area contributed by atoms with E-state index in [1.807, 2.05) is 6.07 Å². The van der Waals surface area contributed by atoms with Crippen LogP contribution in [0.2, 0.25) is 0 Å². The van der Waals surface area contributed by atoms with Crippen LogP contribution in [-0.2, 0) is 9.59 Å². The van der Waals surface area contributed by atoms with Crippen LogP contribution in [0.3, 0.4) is 0 Å². The van der Waals surface area contributed by atoms with E-state index < -0.39 is 6.04 Å². The topological polar surface area (TPSA) is 94.0 Å². The maximum Gasteiger partial charge on any atom is 0.246 e. The molecule has 0 aliphatic heterocycles. The number of carbonyl (C=O) groups excluding carboxylic acids is 2. The summed E-state index contributed by atoms with van der Waals surface area (Å²) in [4.78, 5) is 23.2. The first-order chi connectivity index (χ1) is 11.5. The van der Waals surface area contributed by atoms with Crippen molar-refractivity contribution in [2.75, 3.05) is 16.0 Å². The van der Waals surface area contributed by atoms with E-state index in [0.29, 0.717) is 16.9 Å². The molecule has 2 aromatic carbocycles. The zero-order valence-electron chi connectivity index (χ0n) is 13.5. The summed E-state index contributed by atoms with van der Waals surface area (Å²) in [6, 6.07) is 15.4. The molecule has 0 saturated carbocycles. The average Bonchev–Trinajstić information content (AvgIpc) is 2.56. The van der Waals surface area contributed by atoms with Crippen molar-refractivity contribution < 1.29 is 9.59 Å². The van der Waals surface area contributed by atoms with Gasteiger partial charge >= 0.3 is 0 Å². The van der Waals surface area contributed by atoms with Crippen molar-refractivity contribution in [2.45, 2.75) is 19.9 Å². The fourth-order valence-electron chi connectivity index (χ4n) is 2.10. The van der Waals surface area contributed by atoms with Gasteiger partial charge in [-0.15, -0.1) is 0 Å². The van der Waals surface area contributed by atoms with Crippen molar-refractivity contribution in [3.8, 4) is 6.07 Å². The maximum absolute atomic E-state index is 12.3. The normalized spacial score (nSPS) is 11.0. The lowest BCUT2D eigenvalue weighted by Gasteiger charge is -2.16. The lowest BCUT2D eigenvalue weighted by Crippen LogP contribution is -2.32. The number of amides is 2. The second kappa shape index (κ2) is 7.79. The van der Waals surface area contributed by atoms with Crippen LogP contribution in [0.25, 0.3) is 0 Å². The van der Waals surface area contributed by atoms with Gasteiger partial charge in [-0.05, 0) is 43.3 Å². The smallest absolute Gasteiger partial charge is 0.246 e. The van der Waals surface area contributed by atoms with Crippen LogP contribution in [-0.4, -0.2) is 17.9 Å². The molecule has 122 valence electrons. The van der Waals surface area contributed by atoms with Gasteiger partial charge in [0.15, 0.2) is 0 Å². The van der Waals surface area contributed by atoms with Gasteiger partial charge in [0.1, 0.15) is 12.1 Å². The highest BCUT2D eigenvalue weighted by Gasteiger charge is 2.14. The molecule has 0 fully saturated rings. The van der Waals surface area contributed by atoms with Crippen molar-refractivity contribution in [1.29, 1.82) is 5.26 Å². The molecule has 0 aliphatic carbocycles. The van der Waals surface area contributed by atoms with Gasteiger partial charge in [-0.1, -0.05) is 12.1 Å². The molecule has 0 radical (unpaired) electrons. The van der Waals surface area contributed by atoms with Gasteiger partial charge in [0.25, 0.3) is 0 Å². The molecule has 0 aromatic heterocycles. The zero-order valence-corrected chi connectivity index (χ0v) is 13.5. The van der Waals surface area contributed by atoms with Crippen molar-refractivity contribution in [3.05, 3.63) is 54.1 Å². The minimum absolute atomic E-state index is 0.139. The second-order valence-electron chi connectivity index (χ2n) is 5.27. The SMILES string of the molecule is CC(=O)Nc1ccc(N[C@@H](C)C(=O)Nc2ccccc2C#N)cc1. The predicted octanol–water partition coefficient (Wildman–Crippen LogP) is 2.96. The first-order valence-corrected chi connectivity index (χ1v) is 7.44. The molecule has 6 heteroatoms. The lowest BCUT2D eigenvalue weighted by atomic mass is 10.2. The molecule has 24 heavy (non-hydrogen) atoms. The third kappa shape index (κ3) is 4.58. The van der Waals surface area contributed by atoms with Crippen LogP contribution in [0.5, 0.6) is 0 Å². The number of anilines is 3. The Kier molecular flexibility index (Phi) is 5.53. The highest BCUT2D eigenvalue weighted by molar-refractivity contribution is 5.97. The summed E-state index contributed by atoms with van der Waals surface area (Å²) in [5.74, 6) is -0.386. The maximum atomic E-state index is 12.3. The van der Waals surface area contributed by atoms with Gasteiger partial charge in [0.05, 0.1) is 11.3 Å². The molecule has 2 aromatic rings. The van der Waals surface area contributed by atoms with Crippen LogP contribution >= 0.6 is 0 Å². The largest absolute Gasteiger partial charge is 0.374 e. The van der Waals surface area contributed by atoms with Crippen LogP contribution in [0.15, 0.2) is 48.5 Å². The molecule has 2 amide bonds. The van der Waals surface area contributed by atoms with Crippen LogP contribution in [0, 0.1) is 11.3 Å². The highest BCUT2D eigenvalue weighted by Crippen LogP contribution is 2.16. The first kappa shape index (κ1) is 17.0. The van der Waals surface area contributed by atoms with Gasteiger partial charge in [0.2, 0.25) is 11.8 Å². The number of nitriles is 1. The number of hydrogen-bond donors (Lipinski definition) is 3. The Balaban J connectivity index is 1.99. The van der Waals surface area contributed by atoms with E-state index in [4.69, 9.17) is 5.26 Å². The average molecular weight is 322 g/mol. The molecule has 0 aliphatic rings. The van der Waals surface area contributed by atoms with Crippen molar-refractivity contribution in [2.24, 2.45) is 0 Å². The third-order valence-corrected chi connectivity index (χ3v) is 3.29. The second-order valence-corrected chi connectivity index (χ2v) is 5.27. The minimum atomic E-state index is -0.497.